The third kappa shape index (κ3) is 3.26. The van der Waals surface area contributed by atoms with Crippen LogP contribution in [0.1, 0.15) is 22.7 Å². The third-order valence-corrected chi connectivity index (χ3v) is 3.05. The number of methoxy groups -OCH3 is 2. The lowest BCUT2D eigenvalue weighted by molar-refractivity contribution is -0.131. The SMILES string of the molecule is COc1cc(C(N)/C=C/C(=O)O)c(OC)c(C)c1C. The highest BCUT2D eigenvalue weighted by Gasteiger charge is 2.17. The van der Waals surface area contributed by atoms with E-state index in [-0.39, 0.29) is 0 Å². The number of carbonyl (C=O) groups is 1. The van der Waals surface area contributed by atoms with Gasteiger partial charge in [0.05, 0.1) is 20.3 Å². The molecular weight excluding hydrogens is 246 g/mol. The predicted molar refractivity (Wildman–Crippen MR) is 72.7 cm³/mol. The summed E-state index contributed by atoms with van der Waals surface area (Å²) in [5, 5.41) is 8.64. The zero-order chi connectivity index (χ0) is 14.6. The van der Waals surface area contributed by atoms with Crippen LogP contribution in [0.15, 0.2) is 18.2 Å². The number of aliphatic carboxylic acids is 1. The number of ether oxygens (including phenoxy) is 2. The van der Waals surface area contributed by atoms with Gasteiger partial charge >= 0.3 is 5.97 Å². The first-order valence-corrected chi connectivity index (χ1v) is 5.81. The van der Waals surface area contributed by atoms with Gasteiger partial charge < -0.3 is 20.3 Å². The largest absolute Gasteiger partial charge is 0.496 e. The molecule has 0 aliphatic heterocycles. The molecule has 0 aliphatic carbocycles. The molecule has 1 atom stereocenters. The molecule has 3 N–H and O–H groups in total. The molecule has 0 spiro atoms. The summed E-state index contributed by atoms with van der Waals surface area (Å²) in [6.45, 7) is 3.84. The van der Waals surface area contributed by atoms with Gasteiger partial charge in [0.1, 0.15) is 11.5 Å². The second kappa shape index (κ2) is 6.24. The van der Waals surface area contributed by atoms with E-state index in [2.05, 4.69) is 0 Å². The number of hydrogen-bond acceptors (Lipinski definition) is 4. The summed E-state index contributed by atoms with van der Waals surface area (Å²) in [4.78, 5) is 10.5. The van der Waals surface area contributed by atoms with Crippen LogP contribution in [0.5, 0.6) is 11.5 Å². The molecule has 104 valence electrons. The Balaban J connectivity index is 3.33. The van der Waals surface area contributed by atoms with Crippen molar-refractivity contribution < 1.29 is 19.4 Å². The molecule has 5 heteroatoms. The van der Waals surface area contributed by atoms with Crippen LogP contribution >= 0.6 is 0 Å². The maximum absolute atomic E-state index is 10.5. The van der Waals surface area contributed by atoms with Crippen molar-refractivity contribution in [2.45, 2.75) is 19.9 Å². The first-order chi connectivity index (χ1) is 8.92. The number of nitrogens with two attached hydrogens (primary N) is 1. The maximum Gasteiger partial charge on any atom is 0.328 e. The molecule has 0 bridgehead atoms. The van der Waals surface area contributed by atoms with Crippen LogP contribution in [-0.4, -0.2) is 25.3 Å². The van der Waals surface area contributed by atoms with E-state index in [4.69, 9.17) is 20.3 Å². The Morgan fingerprint density at radius 3 is 2.42 bits per heavy atom. The fourth-order valence-corrected chi connectivity index (χ4v) is 1.91. The molecule has 1 aromatic rings. The summed E-state index contributed by atoms with van der Waals surface area (Å²) in [7, 11) is 3.14. The smallest absolute Gasteiger partial charge is 0.328 e. The fourth-order valence-electron chi connectivity index (χ4n) is 1.91. The highest BCUT2D eigenvalue weighted by atomic mass is 16.5. The molecule has 0 fully saturated rings. The lowest BCUT2D eigenvalue weighted by Gasteiger charge is -2.19. The predicted octanol–water partition coefficient (Wildman–Crippen LogP) is 1.96. The first kappa shape index (κ1) is 15.0. The van der Waals surface area contributed by atoms with E-state index in [1.54, 1.807) is 20.3 Å². The molecule has 19 heavy (non-hydrogen) atoms. The Bertz CT molecular complexity index is 509. The molecule has 5 nitrogen and oxygen atoms in total. The molecule has 1 rings (SSSR count). The van der Waals surface area contributed by atoms with Gasteiger partial charge in [-0.3, -0.25) is 0 Å². The molecule has 0 aliphatic rings. The van der Waals surface area contributed by atoms with Crippen molar-refractivity contribution in [2.24, 2.45) is 5.73 Å². The van der Waals surface area contributed by atoms with E-state index >= 15 is 0 Å². The van der Waals surface area contributed by atoms with Gasteiger partial charge in [0.15, 0.2) is 0 Å². The maximum atomic E-state index is 10.5. The molecule has 1 unspecified atom stereocenters. The second-order valence-electron chi connectivity index (χ2n) is 4.17. The van der Waals surface area contributed by atoms with E-state index in [9.17, 15) is 4.79 Å². The summed E-state index contributed by atoms with van der Waals surface area (Å²) in [5.41, 5.74) is 8.57. The van der Waals surface area contributed by atoms with Gasteiger partial charge in [0.25, 0.3) is 0 Å². The zero-order valence-corrected chi connectivity index (χ0v) is 11.6. The average Bonchev–Trinajstić information content (AvgIpc) is 2.38. The summed E-state index contributed by atoms with van der Waals surface area (Å²) >= 11 is 0. The number of benzene rings is 1. The van der Waals surface area contributed by atoms with Crippen molar-refractivity contribution in [2.75, 3.05) is 14.2 Å². The van der Waals surface area contributed by atoms with Gasteiger partial charge in [-0.1, -0.05) is 6.08 Å². The van der Waals surface area contributed by atoms with Crippen molar-refractivity contribution in [3.05, 3.63) is 34.9 Å². The summed E-state index contributed by atoms with van der Waals surface area (Å²) in [5.74, 6) is 0.318. The standard InChI is InChI=1S/C14H19NO4/c1-8-9(2)14(19-4)10(7-12(8)18-3)11(15)5-6-13(16)17/h5-7,11H,15H2,1-4H3,(H,16,17)/b6-5+. The third-order valence-electron chi connectivity index (χ3n) is 3.05. The Hall–Kier alpha value is -2.01. The van der Waals surface area contributed by atoms with Crippen molar-refractivity contribution in [1.29, 1.82) is 0 Å². The Labute approximate surface area is 112 Å². The Morgan fingerprint density at radius 1 is 1.32 bits per heavy atom. The van der Waals surface area contributed by atoms with Crippen LogP contribution in [0, 0.1) is 13.8 Å². The van der Waals surface area contributed by atoms with Crippen LogP contribution in [-0.2, 0) is 4.79 Å². The van der Waals surface area contributed by atoms with Gasteiger partial charge in [-0.25, -0.2) is 4.79 Å². The van der Waals surface area contributed by atoms with Crippen LogP contribution in [0.25, 0.3) is 0 Å². The second-order valence-corrected chi connectivity index (χ2v) is 4.17. The summed E-state index contributed by atoms with van der Waals surface area (Å²) < 4.78 is 10.7. The van der Waals surface area contributed by atoms with Crippen LogP contribution in [0.3, 0.4) is 0 Å². The van der Waals surface area contributed by atoms with Crippen LogP contribution in [0.4, 0.5) is 0 Å². The van der Waals surface area contributed by atoms with Crippen LogP contribution < -0.4 is 15.2 Å². The minimum atomic E-state index is -1.04. The van der Waals surface area contributed by atoms with Crippen molar-refractivity contribution >= 4 is 5.97 Å². The minimum absolute atomic E-state index is 0.570. The lowest BCUT2D eigenvalue weighted by Crippen LogP contribution is -2.11. The number of rotatable bonds is 5. The zero-order valence-electron chi connectivity index (χ0n) is 11.6. The van der Waals surface area contributed by atoms with Gasteiger partial charge in [-0.2, -0.15) is 0 Å². The Morgan fingerprint density at radius 2 is 1.95 bits per heavy atom. The van der Waals surface area contributed by atoms with E-state index in [1.807, 2.05) is 13.8 Å². The normalized spacial score (nSPS) is 12.5. The van der Waals surface area contributed by atoms with Gasteiger partial charge in [0.2, 0.25) is 0 Å². The monoisotopic (exact) mass is 265 g/mol. The Kier molecular flexibility index (Phi) is 4.94. The van der Waals surface area contributed by atoms with Gasteiger partial charge in [0, 0.05) is 11.6 Å². The molecule has 0 amide bonds. The molecule has 0 aromatic heterocycles. The van der Waals surface area contributed by atoms with Gasteiger partial charge in [-0.05, 0) is 31.0 Å². The van der Waals surface area contributed by atoms with Gasteiger partial charge in [-0.15, -0.1) is 0 Å². The fraction of sp³-hybridized carbons (Fsp3) is 0.357. The van der Waals surface area contributed by atoms with E-state index < -0.39 is 12.0 Å². The van der Waals surface area contributed by atoms with Crippen molar-refractivity contribution in [1.82, 2.24) is 0 Å². The molecule has 0 heterocycles. The van der Waals surface area contributed by atoms with E-state index in [0.717, 1.165) is 17.2 Å². The average molecular weight is 265 g/mol. The van der Waals surface area contributed by atoms with E-state index in [1.165, 1.54) is 6.08 Å². The number of carboxylic acid groups (broad SMARTS) is 1. The lowest BCUT2D eigenvalue weighted by atomic mass is 9.98. The number of hydrogen-bond donors (Lipinski definition) is 2. The minimum Gasteiger partial charge on any atom is -0.496 e. The topological polar surface area (TPSA) is 81.8 Å². The molecule has 0 saturated carbocycles. The summed E-state index contributed by atoms with van der Waals surface area (Å²) in [6, 6.07) is 1.21. The van der Waals surface area contributed by atoms with Crippen LogP contribution in [0.2, 0.25) is 0 Å². The van der Waals surface area contributed by atoms with Crippen molar-refractivity contribution in [3.8, 4) is 11.5 Å². The highest BCUT2D eigenvalue weighted by Crippen LogP contribution is 2.36. The molecule has 0 saturated heterocycles. The number of carboxylic acids is 1. The van der Waals surface area contributed by atoms with Crippen molar-refractivity contribution in [3.63, 3.8) is 0 Å². The first-order valence-electron chi connectivity index (χ1n) is 5.81. The molecule has 1 aromatic carbocycles. The quantitative estimate of drug-likeness (QED) is 0.795. The summed E-state index contributed by atoms with van der Waals surface area (Å²) in [6.07, 6.45) is 2.43. The molecular formula is C14H19NO4. The highest BCUT2D eigenvalue weighted by molar-refractivity contribution is 5.79. The van der Waals surface area contributed by atoms with E-state index in [0.29, 0.717) is 17.1 Å². The molecule has 0 radical (unpaired) electrons.